The van der Waals surface area contributed by atoms with Crippen molar-refractivity contribution in [3.8, 4) is 0 Å². The molecule has 0 saturated carbocycles. The average Bonchev–Trinajstić information content (AvgIpc) is 3.15. The van der Waals surface area contributed by atoms with Crippen LogP contribution in [-0.4, -0.2) is 55.8 Å². The Bertz CT molecular complexity index is 602. The molecule has 0 aliphatic carbocycles. The van der Waals surface area contributed by atoms with E-state index in [1.807, 2.05) is 25.7 Å². The molecule has 1 aliphatic rings. The summed E-state index contributed by atoms with van der Waals surface area (Å²) >= 11 is 1.73. The number of carbonyl (C=O) groups is 1. The number of rotatable bonds is 5. The molecule has 1 aromatic heterocycles. The molecule has 1 atom stereocenters. The Labute approximate surface area is 167 Å². The van der Waals surface area contributed by atoms with E-state index in [0.717, 1.165) is 45.0 Å². The van der Waals surface area contributed by atoms with Crippen molar-refractivity contribution in [2.45, 2.75) is 52.1 Å². The maximum atomic E-state index is 12.1. The quantitative estimate of drug-likeness (QED) is 0.591. The number of thiophene rings is 1. The molecule has 0 radical (unpaired) electrons. The average molecular weight is 395 g/mol. The third kappa shape index (κ3) is 7.40. The molecule has 2 N–H and O–H groups in total. The second-order valence-corrected chi connectivity index (χ2v) is 8.98. The highest BCUT2D eigenvalue weighted by molar-refractivity contribution is 7.07. The number of guanidine groups is 1. The van der Waals surface area contributed by atoms with Crippen LogP contribution in [0.15, 0.2) is 21.8 Å². The van der Waals surface area contributed by atoms with Crippen LogP contribution in [0.25, 0.3) is 0 Å². The topological polar surface area (TPSA) is 66.0 Å². The van der Waals surface area contributed by atoms with Gasteiger partial charge in [-0.15, -0.1) is 0 Å². The van der Waals surface area contributed by atoms with Gasteiger partial charge >= 0.3 is 6.09 Å². The van der Waals surface area contributed by atoms with Gasteiger partial charge in [-0.05, 0) is 67.8 Å². The Morgan fingerprint density at radius 2 is 2.07 bits per heavy atom. The molecule has 0 aromatic carbocycles. The van der Waals surface area contributed by atoms with Crippen LogP contribution in [0.4, 0.5) is 4.79 Å². The number of piperidine rings is 1. The van der Waals surface area contributed by atoms with Crippen LogP contribution in [0.5, 0.6) is 0 Å². The number of nitrogens with one attached hydrogen (secondary N) is 2. The first-order chi connectivity index (χ1) is 12.8. The first-order valence-corrected chi connectivity index (χ1v) is 10.7. The lowest BCUT2D eigenvalue weighted by Gasteiger charge is -2.33. The number of likely N-dealkylation sites (tertiary alicyclic amines) is 1. The molecule has 1 fully saturated rings. The predicted octanol–water partition coefficient (Wildman–Crippen LogP) is 3.66. The zero-order valence-electron chi connectivity index (χ0n) is 17.2. The van der Waals surface area contributed by atoms with E-state index in [-0.39, 0.29) is 6.09 Å². The van der Waals surface area contributed by atoms with E-state index < -0.39 is 5.60 Å². The number of carbonyl (C=O) groups excluding carboxylic acids is 1. The van der Waals surface area contributed by atoms with Crippen LogP contribution in [-0.2, 0) is 4.74 Å². The summed E-state index contributed by atoms with van der Waals surface area (Å²) in [7, 11) is 1.80. The molecule has 0 bridgehead atoms. The summed E-state index contributed by atoms with van der Waals surface area (Å²) in [5.74, 6) is 1.83. The molecule has 1 aromatic rings. The van der Waals surface area contributed by atoms with Crippen molar-refractivity contribution in [2.75, 3.05) is 33.2 Å². The number of amides is 1. The van der Waals surface area contributed by atoms with E-state index in [1.165, 1.54) is 5.56 Å². The number of ether oxygens (including phenoxy) is 1. The van der Waals surface area contributed by atoms with Gasteiger partial charge in [-0.1, -0.05) is 6.92 Å². The highest BCUT2D eigenvalue weighted by Gasteiger charge is 2.26. The minimum Gasteiger partial charge on any atom is -0.444 e. The number of hydrogen-bond donors (Lipinski definition) is 2. The van der Waals surface area contributed by atoms with E-state index in [1.54, 1.807) is 18.4 Å². The highest BCUT2D eigenvalue weighted by Crippen LogP contribution is 2.19. The standard InChI is InChI=1S/C20H34N4O2S/c1-15(17-8-11-27-14-17)12-22-18(21-5)23-13-16-6-9-24(10-7-16)19(25)26-20(2,3)4/h8,11,14-16H,6-7,9-10,12-13H2,1-5H3,(H2,21,22,23). The molecule has 1 saturated heterocycles. The van der Waals surface area contributed by atoms with Crippen LogP contribution < -0.4 is 10.6 Å². The van der Waals surface area contributed by atoms with Crippen LogP contribution >= 0.6 is 11.3 Å². The van der Waals surface area contributed by atoms with Gasteiger partial charge in [-0.3, -0.25) is 4.99 Å². The smallest absolute Gasteiger partial charge is 0.410 e. The van der Waals surface area contributed by atoms with E-state index in [9.17, 15) is 4.79 Å². The van der Waals surface area contributed by atoms with Crippen molar-refractivity contribution in [1.82, 2.24) is 15.5 Å². The maximum Gasteiger partial charge on any atom is 0.410 e. The molecule has 7 heteroatoms. The Kier molecular flexibility index (Phi) is 7.95. The zero-order valence-corrected chi connectivity index (χ0v) is 18.1. The molecule has 152 valence electrons. The minimum atomic E-state index is -0.437. The van der Waals surface area contributed by atoms with Crippen molar-refractivity contribution >= 4 is 23.4 Å². The fourth-order valence-corrected chi connectivity index (χ4v) is 3.81. The lowest BCUT2D eigenvalue weighted by molar-refractivity contribution is 0.0185. The zero-order chi connectivity index (χ0) is 19.9. The molecule has 0 spiro atoms. The Balaban J connectivity index is 1.68. The highest BCUT2D eigenvalue weighted by atomic mass is 32.1. The fourth-order valence-electron chi connectivity index (χ4n) is 3.03. The van der Waals surface area contributed by atoms with Gasteiger partial charge in [-0.25, -0.2) is 4.79 Å². The Hall–Kier alpha value is -1.76. The van der Waals surface area contributed by atoms with E-state index in [4.69, 9.17) is 4.74 Å². The van der Waals surface area contributed by atoms with Crippen LogP contribution in [0.2, 0.25) is 0 Å². The molecule has 2 rings (SSSR count). The van der Waals surface area contributed by atoms with Gasteiger partial charge in [0.05, 0.1) is 0 Å². The van der Waals surface area contributed by atoms with Gasteiger partial charge in [-0.2, -0.15) is 11.3 Å². The summed E-state index contributed by atoms with van der Waals surface area (Å²) in [6.45, 7) is 11.2. The SMILES string of the molecule is CN=C(NCC1CCN(C(=O)OC(C)(C)C)CC1)NCC(C)c1ccsc1. The summed E-state index contributed by atoms with van der Waals surface area (Å²) in [4.78, 5) is 18.3. The van der Waals surface area contributed by atoms with Crippen LogP contribution in [0.3, 0.4) is 0 Å². The third-order valence-corrected chi connectivity index (χ3v) is 5.44. The second kappa shape index (κ2) is 9.97. The summed E-state index contributed by atoms with van der Waals surface area (Å²) in [6.07, 6.45) is 1.76. The summed E-state index contributed by atoms with van der Waals surface area (Å²) in [6, 6.07) is 2.17. The van der Waals surface area contributed by atoms with Crippen molar-refractivity contribution in [2.24, 2.45) is 10.9 Å². The molecular weight excluding hydrogens is 360 g/mol. The summed E-state index contributed by atoms with van der Waals surface area (Å²) < 4.78 is 5.46. The largest absolute Gasteiger partial charge is 0.444 e. The summed E-state index contributed by atoms with van der Waals surface area (Å²) in [5.41, 5.74) is 0.922. The van der Waals surface area contributed by atoms with Gasteiger partial charge in [0.15, 0.2) is 5.96 Å². The molecule has 1 amide bonds. The monoisotopic (exact) mass is 394 g/mol. The lowest BCUT2D eigenvalue weighted by atomic mass is 9.97. The van der Waals surface area contributed by atoms with Gasteiger partial charge < -0.3 is 20.3 Å². The number of hydrogen-bond acceptors (Lipinski definition) is 4. The fraction of sp³-hybridized carbons (Fsp3) is 0.700. The van der Waals surface area contributed by atoms with Gasteiger partial charge in [0.25, 0.3) is 0 Å². The number of aliphatic imine (C=N–C) groups is 1. The van der Waals surface area contributed by atoms with Crippen molar-refractivity contribution in [1.29, 1.82) is 0 Å². The Morgan fingerprint density at radius 1 is 1.37 bits per heavy atom. The van der Waals surface area contributed by atoms with Crippen molar-refractivity contribution in [3.05, 3.63) is 22.4 Å². The molecule has 1 unspecified atom stereocenters. The van der Waals surface area contributed by atoms with E-state index in [2.05, 4.69) is 39.4 Å². The van der Waals surface area contributed by atoms with Gasteiger partial charge in [0.1, 0.15) is 5.60 Å². The van der Waals surface area contributed by atoms with Crippen molar-refractivity contribution < 1.29 is 9.53 Å². The Morgan fingerprint density at radius 3 is 2.63 bits per heavy atom. The molecule has 2 heterocycles. The normalized spacial score (nSPS) is 17.5. The minimum absolute atomic E-state index is 0.200. The van der Waals surface area contributed by atoms with Crippen molar-refractivity contribution in [3.63, 3.8) is 0 Å². The van der Waals surface area contributed by atoms with Crippen LogP contribution in [0, 0.1) is 5.92 Å². The van der Waals surface area contributed by atoms with Gasteiger partial charge in [0, 0.05) is 33.2 Å². The molecule has 27 heavy (non-hydrogen) atoms. The molecule has 1 aliphatic heterocycles. The second-order valence-electron chi connectivity index (χ2n) is 8.20. The predicted molar refractivity (Wildman–Crippen MR) is 113 cm³/mol. The number of nitrogens with zero attached hydrogens (tertiary/aromatic N) is 2. The van der Waals surface area contributed by atoms with E-state index >= 15 is 0 Å². The molecular formula is C20H34N4O2S. The van der Waals surface area contributed by atoms with E-state index in [0.29, 0.717) is 11.8 Å². The lowest BCUT2D eigenvalue weighted by Crippen LogP contribution is -2.45. The first kappa shape index (κ1) is 21.5. The summed E-state index contributed by atoms with van der Waals surface area (Å²) in [5, 5.41) is 11.1. The molecule has 6 nitrogen and oxygen atoms in total. The van der Waals surface area contributed by atoms with Gasteiger partial charge in [0.2, 0.25) is 0 Å². The van der Waals surface area contributed by atoms with Crippen LogP contribution in [0.1, 0.15) is 52.0 Å². The first-order valence-electron chi connectivity index (χ1n) is 9.73. The third-order valence-electron chi connectivity index (χ3n) is 4.74. The maximum absolute atomic E-state index is 12.1.